The van der Waals surface area contributed by atoms with Gasteiger partial charge < -0.3 is 4.90 Å². The average molecular weight is 262 g/mol. The molecule has 0 aliphatic heterocycles. The van der Waals surface area contributed by atoms with Gasteiger partial charge in [0, 0.05) is 24.7 Å². The number of hydrogen-bond donors (Lipinski definition) is 0. The summed E-state index contributed by atoms with van der Waals surface area (Å²) in [6, 6.07) is 4.74. The molecule has 5 heteroatoms. The van der Waals surface area contributed by atoms with Gasteiger partial charge in [-0.25, -0.2) is 0 Å². The molecule has 0 saturated heterocycles. The maximum Gasteiger partial charge on any atom is 0.293 e. The Hall–Kier alpha value is -1.91. The number of rotatable bonds is 6. The highest BCUT2D eigenvalue weighted by Gasteiger charge is 2.27. The highest BCUT2D eigenvalue weighted by Crippen LogP contribution is 2.35. The highest BCUT2D eigenvalue weighted by molar-refractivity contribution is 5.95. The lowest BCUT2D eigenvalue weighted by Crippen LogP contribution is -2.26. The molecule has 0 heterocycles. The number of nitro benzene ring substituents is 1. The van der Waals surface area contributed by atoms with Gasteiger partial charge in [0.15, 0.2) is 5.78 Å². The standard InChI is InChI=1S/C14H18N2O3/c1-3-15(9-11-4-5-11)13-7-6-12(10(2)17)8-14(13)16(18)19/h6-8,11H,3-5,9H2,1-2H3. The lowest BCUT2D eigenvalue weighted by molar-refractivity contribution is -0.384. The van der Waals surface area contributed by atoms with Crippen molar-refractivity contribution in [3.63, 3.8) is 0 Å². The van der Waals surface area contributed by atoms with Crippen LogP contribution in [0.25, 0.3) is 0 Å². The van der Waals surface area contributed by atoms with Crippen LogP contribution in [0.2, 0.25) is 0 Å². The van der Waals surface area contributed by atoms with Crippen molar-refractivity contribution in [2.45, 2.75) is 26.7 Å². The first-order chi connectivity index (χ1) is 9.02. The minimum absolute atomic E-state index is 0.0233. The van der Waals surface area contributed by atoms with Crippen molar-refractivity contribution >= 4 is 17.2 Å². The van der Waals surface area contributed by atoms with Crippen molar-refractivity contribution in [1.29, 1.82) is 0 Å². The third-order valence-electron chi connectivity index (χ3n) is 3.48. The maximum atomic E-state index is 11.3. The number of carbonyl (C=O) groups excluding carboxylic acids is 1. The summed E-state index contributed by atoms with van der Waals surface area (Å²) in [6.07, 6.45) is 2.41. The van der Waals surface area contributed by atoms with E-state index in [1.165, 1.54) is 25.8 Å². The normalized spacial score (nSPS) is 14.2. The fourth-order valence-electron chi connectivity index (χ4n) is 2.17. The Morgan fingerprint density at radius 1 is 1.47 bits per heavy atom. The van der Waals surface area contributed by atoms with Crippen LogP contribution in [-0.4, -0.2) is 23.8 Å². The first-order valence-electron chi connectivity index (χ1n) is 6.57. The number of carbonyl (C=O) groups is 1. The van der Waals surface area contributed by atoms with Crippen molar-refractivity contribution in [2.75, 3.05) is 18.0 Å². The van der Waals surface area contributed by atoms with Gasteiger partial charge in [-0.2, -0.15) is 0 Å². The number of anilines is 1. The second-order valence-corrected chi connectivity index (χ2v) is 5.00. The quantitative estimate of drug-likeness (QED) is 0.449. The van der Waals surface area contributed by atoms with Crippen LogP contribution < -0.4 is 4.90 Å². The number of ketones is 1. The number of hydrogen-bond acceptors (Lipinski definition) is 4. The van der Waals surface area contributed by atoms with E-state index in [9.17, 15) is 14.9 Å². The van der Waals surface area contributed by atoms with Crippen molar-refractivity contribution < 1.29 is 9.72 Å². The minimum atomic E-state index is -0.405. The zero-order valence-electron chi connectivity index (χ0n) is 11.3. The SMILES string of the molecule is CCN(CC1CC1)c1ccc(C(C)=O)cc1[N+](=O)[O-]. The van der Waals surface area contributed by atoms with Gasteiger partial charge in [-0.3, -0.25) is 14.9 Å². The van der Waals surface area contributed by atoms with Gasteiger partial charge in [0.2, 0.25) is 0 Å². The van der Waals surface area contributed by atoms with Crippen LogP contribution in [0.15, 0.2) is 18.2 Å². The molecule has 1 aliphatic carbocycles. The first kappa shape index (κ1) is 13.5. The molecule has 0 bridgehead atoms. The smallest absolute Gasteiger partial charge is 0.293 e. The average Bonchev–Trinajstić information content (AvgIpc) is 3.19. The molecule has 1 fully saturated rings. The third-order valence-corrected chi connectivity index (χ3v) is 3.48. The van der Waals surface area contributed by atoms with E-state index in [1.807, 2.05) is 11.8 Å². The number of Topliss-reactive ketones (excluding diaryl/α,β-unsaturated/α-hetero) is 1. The molecule has 1 aliphatic rings. The van der Waals surface area contributed by atoms with E-state index in [2.05, 4.69) is 0 Å². The predicted molar refractivity (Wildman–Crippen MR) is 73.7 cm³/mol. The van der Waals surface area contributed by atoms with Gasteiger partial charge in [-0.15, -0.1) is 0 Å². The topological polar surface area (TPSA) is 63.5 Å². The van der Waals surface area contributed by atoms with Crippen LogP contribution in [-0.2, 0) is 0 Å². The van der Waals surface area contributed by atoms with E-state index in [-0.39, 0.29) is 11.5 Å². The van der Waals surface area contributed by atoms with Crippen LogP contribution in [0, 0.1) is 16.0 Å². The second kappa shape index (κ2) is 5.38. The van der Waals surface area contributed by atoms with Gasteiger partial charge in [-0.1, -0.05) is 0 Å². The summed E-state index contributed by atoms with van der Waals surface area (Å²) in [5.41, 5.74) is 1.03. The van der Waals surface area contributed by atoms with Crippen molar-refractivity contribution in [2.24, 2.45) is 5.92 Å². The van der Waals surface area contributed by atoms with E-state index in [4.69, 9.17) is 0 Å². The number of nitrogens with zero attached hydrogens (tertiary/aromatic N) is 2. The summed E-state index contributed by atoms with van der Waals surface area (Å²) in [6.45, 7) is 5.00. The van der Waals surface area contributed by atoms with E-state index in [0.717, 1.165) is 13.1 Å². The zero-order chi connectivity index (χ0) is 14.0. The second-order valence-electron chi connectivity index (χ2n) is 5.00. The van der Waals surface area contributed by atoms with Crippen molar-refractivity contribution in [3.05, 3.63) is 33.9 Å². The predicted octanol–water partition coefficient (Wildman–Crippen LogP) is 3.03. The van der Waals surface area contributed by atoms with Crippen LogP contribution >= 0.6 is 0 Å². The molecule has 1 saturated carbocycles. The fourth-order valence-corrected chi connectivity index (χ4v) is 2.17. The zero-order valence-corrected chi connectivity index (χ0v) is 11.3. The van der Waals surface area contributed by atoms with E-state index >= 15 is 0 Å². The molecule has 0 radical (unpaired) electrons. The molecule has 0 aromatic heterocycles. The fraction of sp³-hybridized carbons (Fsp3) is 0.500. The summed E-state index contributed by atoms with van der Waals surface area (Å²) in [4.78, 5) is 24.1. The third kappa shape index (κ3) is 3.10. The molecule has 0 atom stereocenters. The Kier molecular flexibility index (Phi) is 3.83. The molecule has 102 valence electrons. The van der Waals surface area contributed by atoms with Gasteiger partial charge in [0.1, 0.15) is 5.69 Å². The molecule has 19 heavy (non-hydrogen) atoms. The van der Waals surface area contributed by atoms with Crippen LogP contribution in [0.5, 0.6) is 0 Å². The molecule has 0 spiro atoms. The Bertz CT molecular complexity index is 509. The monoisotopic (exact) mass is 262 g/mol. The Labute approximate surface area is 112 Å². The first-order valence-corrected chi connectivity index (χ1v) is 6.57. The van der Waals surface area contributed by atoms with E-state index < -0.39 is 4.92 Å². The van der Waals surface area contributed by atoms with Gasteiger partial charge in [0.25, 0.3) is 5.69 Å². The maximum absolute atomic E-state index is 11.3. The lowest BCUT2D eigenvalue weighted by atomic mass is 10.1. The summed E-state index contributed by atoms with van der Waals surface area (Å²) in [5.74, 6) is 0.506. The van der Waals surface area contributed by atoms with E-state index in [1.54, 1.807) is 12.1 Å². The van der Waals surface area contributed by atoms with Gasteiger partial charge in [-0.05, 0) is 44.7 Å². The molecule has 5 nitrogen and oxygen atoms in total. The number of benzene rings is 1. The van der Waals surface area contributed by atoms with Crippen LogP contribution in [0.3, 0.4) is 0 Å². The van der Waals surface area contributed by atoms with E-state index in [0.29, 0.717) is 17.2 Å². The van der Waals surface area contributed by atoms with Crippen molar-refractivity contribution in [1.82, 2.24) is 0 Å². The molecular formula is C14H18N2O3. The Balaban J connectivity index is 2.36. The Morgan fingerprint density at radius 3 is 2.63 bits per heavy atom. The Morgan fingerprint density at radius 2 is 2.16 bits per heavy atom. The van der Waals surface area contributed by atoms with Gasteiger partial charge >= 0.3 is 0 Å². The highest BCUT2D eigenvalue weighted by atomic mass is 16.6. The van der Waals surface area contributed by atoms with Crippen LogP contribution in [0.1, 0.15) is 37.0 Å². The summed E-state index contributed by atoms with van der Waals surface area (Å²) >= 11 is 0. The molecule has 0 amide bonds. The summed E-state index contributed by atoms with van der Waals surface area (Å²) in [7, 11) is 0. The molecule has 2 rings (SSSR count). The van der Waals surface area contributed by atoms with Crippen molar-refractivity contribution in [3.8, 4) is 0 Å². The molecule has 1 aromatic carbocycles. The summed E-state index contributed by atoms with van der Waals surface area (Å²) in [5, 5.41) is 11.2. The largest absolute Gasteiger partial charge is 0.366 e. The minimum Gasteiger partial charge on any atom is -0.366 e. The van der Waals surface area contributed by atoms with Gasteiger partial charge in [0.05, 0.1) is 4.92 Å². The number of nitro groups is 1. The summed E-state index contributed by atoms with van der Waals surface area (Å²) < 4.78 is 0. The van der Waals surface area contributed by atoms with Crippen LogP contribution in [0.4, 0.5) is 11.4 Å². The molecule has 0 unspecified atom stereocenters. The molecule has 0 N–H and O–H groups in total. The molecule has 1 aromatic rings. The molecular weight excluding hydrogens is 244 g/mol. The lowest BCUT2D eigenvalue weighted by Gasteiger charge is -2.22.